The number of aromatic hydroxyl groups is 2. The maximum absolute atomic E-state index is 14.2. The van der Waals surface area contributed by atoms with Crippen molar-refractivity contribution in [1.29, 1.82) is 0 Å². The summed E-state index contributed by atoms with van der Waals surface area (Å²) in [5.74, 6) is -6.27. The predicted molar refractivity (Wildman–Crippen MR) is 228 cm³/mol. The van der Waals surface area contributed by atoms with Crippen molar-refractivity contribution < 1.29 is 83.3 Å². The average molecular weight is 902 g/mol. The summed E-state index contributed by atoms with van der Waals surface area (Å²) in [6.45, 7) is 17.1. The van der Waals surface area contributed by atoms with Crippen molar-refractivity contribution in [3.63, 3.8) is 0 Å². The minimum absolute atomic E-state index is 0.111. The molecule has 4 rings (SSSR count). The molecule has 0 bridgehead atoms. The lowest BCUT2D eigenvalue weighted by Crippen LogP contribution is -2.61. The highest BCUT2D eigenvalue weighted by Crippen LogP contribution is 2.42. The van der Waals surface area contributed by atoms with Gasteiger partial charge in [0.15, 0.2) is 12.6 Å². The van der Waals surface area contributed by atoms with E-state index in [0.717, 1.165) is 12.1 Å². The number of phenolic OH excluding ortho intramolecular Hbond substituents is 1. The second kappa shape index (κ2) is 22.0. The smallest absolute Gasteiger partial charge is 0.339 e. The number of rotatable bonds is 9. The molecule has 1 aromatic rings. The fourth-order valence-electron chi connectivity index (χ4n) is 9.28. The molecular formula is C45H75NO17. The topological polar surface area (TPSA) is 261 Å². The summed E-state index contributed by atoms with van der Waals surface area (Å²) in [5, 5.41) is 71.7. The summed E-state index contributed by atoms with van der Waals surface area (Å²) < 4.78 is 43.9. The average Bonchev–Trinajstić information content (AvgIpc) is 3.22. The molecule has 18 atom stereocenters. The van der Waals surface area contributed by atoms with Crippen LogP contribution in [0.4, 0.5) is 0 Å². The Kier molecular flexibility index (Phi) is 19.0. The Hall–Kier alpha value is -3.01. The number of ketones is 1. The molecule has 3 fully saturated rings. The molecule has 362 valence electrons. The van der Waals surface area contributed by atoms with E-state index >= 15 is 0 Å². The van der Waals surface area contributed by atoms with Gasteiger partial charge in [0.25, 0.3) is 0 Å². The molecule has 0 unspecified atom stereocenters. The number of ether oxygens (including phenoxy) is 7. The number of hydrogen-bond acceptors (Lipinski definition) is 17. The molecule has 3 aliphatic rings. The third-order valence-corrected chi connectivity index (χ3v) is 13.5. The van der Waals surface area contributed by atoms with Crippen LogP contribution in [-0.4, -0.2) is 171 Å². The molecule has 63 heavy (non-hydrogen) atoms. The van der Waals surface area contributed by atoms with Crippen molar-refractivity contribution in [1.82, 2.24) is 4.90 Å². The molecule has 18 nitrogen and oxygen atoms in total. The number of nitrogens with zero attached hydrogens (tertiary/aromatic N) is 1. The molecule has 3 aliphatic heterocycles. The van der Waals surface area contributed by atoms with Crippen molar-refractivity contribution in [2.24, 2.45) is 23.7 Å². The number of hydrogen-bond donors (Lipinski definition) is 7. The quantitative estimate of drug-likeness (QED) is 0.139. The monoisotopic (exact) mass is 902 g/mol. The van der Waals surface area contributed by atoms with Crippen LogP contribution < -0.4 is 0 Å². The van der Waals surface area contributed by atoms with Gasteiger partial charge >= 0.3 is 11.9 Å². The molecule has 0 aromatic heterocycles. The first-order valence-electron chi connectivity index (χ1n) is 21.7. The lowest BCUT2D eigenvalue weighted by atomic mass is 9.74. The molecule has 0 radical (unpaired) electrons. The van der Waals surface area contributed by atoms with E-state index in [2.05, 4.69) is 0 Å². The Balaban J connectivity index is 0.000000832. The van der Waals surface area contributed by atoms with Crippen molar-refractivity contribution >= 4 is 17.7 Å². The number of carbonyl (C=O) groups is 3. The van der Waals surface area contributed by atoms with Crippen LogP contribution in [0.5, 0.6) is 11.5 Å². The third kappa shape index (κ3) is 12.5. The van der Waals surface area contributed by atoms with Gasteiger partial charge < -0.3 is 73.8 Å². The fraction of sp³-hybridized carbons (Fsp3) is 0.800. The van der Waals surface area contributed by atoms with Crippen LogP contribution in [0.15, 0.2) is 18.2 Å². The number of esters is 1. The van der Waals surface area contributed by atoms with Crippen LogP contribution in [0.3, 0.4) is 0 Å². The second-order valence-electron chi connectivity index (χ2n) is 18.6. The lowest BCUT2D eigenvalue weighted by molar-refractivity contribution is -0.319. The van der Waals surface area contributed by atoms with E-state index in [1.54, 1.807) is 48.5 Å². The van der Waals surface area contributed by atoms with E-state index in [0.29, 0.717) is 6.42 Å². The molecule has 0 aliphatic carbocycles. The highest BCUT2D eigenvalue weighted by molar-refractivity contribution is 5.91. The maximum atomic E-state index is 14.2. The second-order valence-corrected chi connectivity index (χ2v) is 18.6. The van der Waals surface area contributed by atoms with Gasteiger partial charge in [-0.1, -0.05) is 27.7 Å². The molecule has 7 N–H and O–H groups in total. The van der Waals surface area contributed by atoms with E-state index in [9.17, 15) is 34.8 Å². The van der Waals surface area contributed by atoms with Gasteiger partial charge in [0.2, 0.25) is 0 Å². The van der Waals surface area contributed by atoms with E-state index < -0.39 is 108 Å². The number of Topliss-reactive ketones (excluding diaryl/α,β-unsaturated/α-hetero) is 1. The Morgan fingerprint density at radius 2 is 1.48 bits per heavy atom. The Morgan fingerprint density at radius 3 is 2.00 bits per heavy atom. The first-order valence-corrected chi connectivity index (χ1v) is 21.7. The van der Waals surface area contributed by atoms with Gasteiger partial charge in [0.05, 0.1) is 47.6 Å². The highest BCUT2D eigenvalue weighted by Gasteiger charge is 2.54. The number of aliphatic hydroxyl groups is 4. The van der Waals surface area contributed by atoms with Crippen LogP contribution in [0.1, 0.15) is 105 Å². The number of aliphatic hydroxyl groups excluding tert-OH is 3. The van der Waals surface area contributed by atoms with Crippen LogP contribution in [-0.2, 0) is 42.7 Å². The molecule has 0 spiro atoms. The maximum Gasteiger partial charge on any atom is 0.339 e. The zero-order valence-corrected chi connectivity index (χ0v) is 39.4. The van der Waals surface area contributed by atoms with Gasteiger partial charge in [-0.25, -0.2) is 4.79 Å². The third-order valence-electron chi connectivity index (χ3n) is 13.5. The predicted octanol–water partition coefficient (Wildman–Crippen LogP) is 3.24. The zero-order valence-electron chi connectivity index (χ0n) is 39.4. The molecule has 0 amide bonds. The van der Waals surface area contributed by atoms with Crippen molar-refractivity contribution in [2.75, 3.05) is 28.3 Å². The van der Waals surface area contributed by atoms with Crippen molar-refractivity contribution in [3.05, 3.63) is 23.8 Å². The Labute approximate surface area is 371 Å². The van der Waals surface area contributed by atoms with Gasteiger partial charge in [-0.2, -0.15) is 0 Å². The summed E-state index contributed by atoms with van der Waals surface area (Å²) in [6, 6.07) is 3.03. The standard InChI is InChI=1S/C38H69NO13.C7H6O4/c1-15-26-38(10,45)31(42)21(4)28(40)19(2)17-37(9,47-14)33(52-35-29(41)25(39(11)12)16-20(3)48-35)22(5)30(23(6)34(44)50-26)51-27-18-36(8,46-13)32(43)24(7)49-27;8-4-1-2-6(9)5(3-4)7(10)11/h19-27,29-33,35,41-43,45H,15-18H2,1-14H3;1-3,8-9H,(H,10,11)/t19-,20-,21+,22+,23-,24+,25+,26-,27+,29-,30+,31-,32+,33-,35+,36-,37-,38-;/m1./s1. The largest absolute Gasteiger partial charge is 0.508 e. The van der Waals surface area contributed by atoms with Crippen LogP contribution in [0.25, 0.3) is 0 Å². The van der Waals surface area contributed by atoms with Gasteiger partial charge in [0, 0.05) is 44.4 Å². The highest BCUT2D eigenvalue weighted by atomic mass is 16.7. The van der Waals surface area contributed by atoms with Gasteiger partial charge in [-0.05, 0) is 93.1 Å². The number of carbonyl (C=O) groups excluding carboxylic acids is 2. The fourth-order valence-corrected chi connectivity index (χ4v) is 9.28. The SMILES string of the molecule is CC[C@H]1OC(=O)[C@H](C)[C@@H](O[C@H]2C[C@@](C)(OC)[C@@H](O)[C@H](C)O2)[C@H](C)[C@@H](O[C@@H]2O[C@H](C)C[C@H](N(C)C)[C@H]2O)[C@](C)(OC)C[C@@H](C)C(=O)[C@H](C)[C@@H](O)[C@]1(C)O.O=C(O)c1cc(O)ccc1O. The summed E-state index contributed by atoms with van der Waals surface area (Å²) >= 11 is 0. The first kappa shape index (κ1) is 54.3. The normalized spacial score (nSPS) is 42.1. The summed E-state index contributed by atoms with van der Waals surface area (Å²) in [6.07, 6.45) is -8.73. The van der Waals surface area contributed by atoms with Crippen molar-refractivity contribution in [2.45, 2.75) is 179 Å². The molecule has 3 saturated heterocycles. The van der Waals surface area contributed by atoms with Gasteiger partial charge in [-0.15, -0.1) is 0 Å². The first-order chi connectivity index (χ1) is 29.1. The number of likely N-dealkylation sites (N-methyl/N-ethyl adjacent to an activating group) is 1. The van der Waals surface area contributed by atoms with Gasteiger partial charge in [-0.3, -0.25) is 9.59 Å². The van der Waals surface area contributed by atoms with E-state index in [4.69, 9.17) is 48.5 Å². The molecule has 1 aromatic carbocycles. The number of benzene rings is 1. The molecule has 3 heterocycles. The number of aromatic carboxylic acids is 1. The summed E-state index contributed by atoms with van der Waals surface area (Å²) in [5.41, 5.74) is -4.55. The van der Waals surface area contributed by atoms with E-state index in [1.807, 2.05) is 32.8 Å². The Morgan fingerprint density at radius 1 is 0.873 bits per heavy atom. The van der Waals surface area contributed by atoms with Gasteiger partial charge in [0.1, 0.15) is 46.8 Å². The number of methoxy groups -OCH3 is 2. The van der Waals surface area contributed by atoms with E-state index in [-0.39, 0.29) is 54.3 Å². The van der Waals surface area contributed by atoms with Crippen LogP contribution in [0, 0.1) is 23.7 Å². The molecular weight excluding hydrogens is 826 g/mol. The zero-order chi connectivity index (χ0) is 48.1. The van der Waals surface area contributed by atoms with Crippen LogP contribution >= 0.6 is 0 Å². The molecule has 18 heteroatoms. The Bertz CT molecular complexity index is 1680. The number of phenols is 2. The van der Waals surface area contributed by atoms with E-state index in [1.165, 1.54) is 27.2 Å². The number of carboxylic acid groups (broad SMARTS) is 1. The summed E-state index contributed by atoms with van der Waals surface area (Å²) in [7, 11) is 6.77. The molecule has 0 saturated carbocycles. The number of carboxylic acids is 1. The minimum atomic E-state index is -1.96. The van der Waals surface area contributed by atoms with Crippen molar-refractivity contribution in [3.8, 4) is 11.5 Å². The lowest BCUT2D eigenvalue weighted by Gasteiger charge is -2.50. The summed E-state index contributed by atoms with van der Waals surface area (Å²) in [4.78, 5) is 40.4. The minimum Gasteiger partial charge on any atom is -0.508 e. The number of cyclic esters (lactones) is 1. The van der Waals surface area contributed by atoms with Crippen LogP contribution in [0.2, 0.25) is 0 Å².